The van der Waals surface area contributed by atoms with Crippen LogP contribution in [-0.2, 0) is 16.4 Å². The third-order valence-electron chi connectivity index (χ3n) is 3.10. The van der Waals surface area contributed by atoms with E-state index in [1.54, 1.807) is 18.2 Å². The summed E-state index contributed by atoms with van der Waals surface area (Å²) < 4.78 is 31.9. The Morgan fingerprint density at radius 1 is 1.47 bits per heavy atom. The zero-order chi connectivity index (χ0) is 14.0. The third-order valence-corrected chi connectivity index (χ3v) is 5.01. The van der Waals surface area contributed by atoms with E-state index >= 15 is 0 Å². The van der Waals surface area contributed by atoms with Crippen molar-refractivity contribution in [2.24, 2.45) is 0 Å². The van der Waals surface area contributed by atoms with Crippen LogP contribution in [0.4, 0.5) is 0 Å². The largest absolute Gasteiger partial charge is 0.493 e. The van der Waals surface area contributed by atoms with Gasteiger partial charge in [0, 0.05) is 19.5 Å². The summed E-state index contributed by atoms with van der Waals surface area (Å²) >= 11 is 0. The highest BCUT2D eigenvalue weighted by Gasteiger charge is 2.25. The summed E-state index contributed by atoms with van der Waals surface area (Å²) in [7, 11) is -3.45. The predicted molar refractivity (Wildman–Crippen MR) is 74.9 cm³/mol. The minimum Gasteiger partial charge on any atom is -0.493 e. The van der Waals surface area contributed by atoms with Gasteiger partial charge in [0.25, 0.3) is 0 Å². The summed E-state index contributed by atoms with van der Waals surface area (Å²) in [4.78, 5) is 0.333. The first-order valence-electron chi connectivity index (χ1n) is 6.35. The number of nitrogens with zero attached hydrogens (tertiary/aromatic N) is 1. The van der Waals surface area contributed by atoms with Gasteiger partial charge < -0.3 is 4.74 Å². The molecule has 19 heavy (non-hydrogen) atoms. The molecule has 0 saturated heterocycles. The fraction of sp³-hybridized carbons (Fsp3) is 0.429. The zero-order valence-corrected chi connectivity index (χ0v) is 12.2. The summed E-state index contributed by atoms with van der Waals surface area (Å²) in [6, 6.07) is 5.07. The first kappa shape index (κ1) is 14.1. The van der Waals surface area contributed by atoms with Crippen molar-refractivity contribution in [1.29, 1.82) is 0 Å². The van der Waals surface area contributed by atoms with Crippen molar-refractivity contribution in [2.75, 3.05) is 19.7 Å². The molecule has 0 unspecified atom stereocenters. The van der Waals surface area contributed by atoms with Crippen molar-refractivity contribution >= 4 is 10.0 Å². The lowest BCUT2D eigenvalue weighted by atomic mass is 10.2. The van der Waals surface area contributed by atoms with Gasteiger partial charge in [-0.25, -0.2) is 8.42 Å². The maximum Gasteiger partial charge on any atom is 0.243 e. The van der Waals surface area contributed by atoms with E-state index < -0.39 is 10.0 Å². The number of ether oxygens (including phenoxy) is 1. The van der Waals surface area contributed by atoms with Gasteiger partial charge >= 0.3 is 0 Å². The van der Waals surface area contributed by atoms with E-state index in [4.69, 9.17) is 4.74 Å². The number of benzene rings is 1. The molecule has 0 aliphatic carbocycles. The molecule has 0 radical (unpaired) electrons. The van der Waals surface area contributed by atoms with Gasteiger partial charge in [0.1, 0.15) is 5.75 Å². The van der Waals surface area contributed by atoms with Gasteiger partial charge in [-0.2, -0.15) is 4.31 Å². The summed E-state index contributed by atoms with van der Waals surface area (Å²) in [5.74, 6) is 0.793. The number of fused-ring (bicyclic) bond motifs is 1. The molecule has 0 amide bonds. The van der Waals surface area contributed by atoms with Gasteiger partial charge in [0.2, 0.25) is 10.0 Å². The first-order chi connectivity index (χ1) is 8.95. The molecule has 1 aliphatic rings. The molecule has 5 heteroatoms. The lowest BCUT2D eigenvalue weighted by molar-refractivity contribution is 0.356. The fourth-order valence-electron chi connectivity index (χ4n) is 2.14. The zero-order valence-electron chi connectivity index (χ0n) is 11.3. The number of sulfonamides is 1. The number of rotatable bonds is 5. The van der Waals surface area contributed by atoms with Crippen molar-refractivity contribution in [3.63, 3.8) is 0 Å². The maximum atomic E-state index is 12.5. The quantitative estimate of drug-likeness (QED) is 0.777. The molecular weight excluding hydrogens is 262 g/mol. The van der Waals surface area contributed by atoms with E-state index in [9.17, 15) is 8.42 Å². The van der Waals surface area contributed by atoms with Crippen molar-refractivity contribution < 1.29 is 13.2 Å². The van der Waals surface area contributed by atoms with Gasteiger partial charge in [0.05, 0.1) is 11.5 Å². The number of hydrogen-bond donors (Lipinski definition) is 0. The van der Waals surface area contributed by atoms with E-state index in [-0.39, 0.29) is 0 Å². The number of likely N-dealkylation sites (N-methyl/N-ethyl adjacent to an activating group) is 1. The Bertz CT molecular complexity index is 593. The normalized spacial score (nSPS) is 14.3. The molecule has 0 saturated carbocycles. The van der Waals surface area contributed by atoms with Gasteiger partial charge in [-0.1, -0.05) is 19.1 Å². The van der Waals surface area contributed by atoms with Crippen LogP contribution in [0.5, 0.6) is 5.75 Å². The van der Waals surface area contributed by atoms with Gasteiger partial charge in [-0.3, -0.25) is 0 Å². The maximum absolute atomic E-state index is 12.5. The smallest absolute Gasteiger partial charge is 0.243 e. The topological polar surface area (TPSA) is 46.6 Å². The Morgan fingerprint density at radius 3 is 2.84 bits per heavy atom. The standard InChI is InChI=1S/C14H19NO3S/c1-4-15(10-11(2)3)19(16,17)13-5-6-14-12(9-13)7-8-18-14/h5-6,9H,2,4,7-8,10H2,1,3H3. The van der Waals surface area contributed by atoms with E-state index in [1.807, 2.05) is 13.8 Å². The molecule has 0 fully saturated rings. The van der Waals surface area contributed by atoms with Crippen molar-refractivity contribution in [1.82, 2.24) is 4.31 Å². The van der Waals surface area contributed by atoms with Gasteiger partial charge in [0.15, 0.2) is 0 Å². The molecule has 104 valence electrons. The SMILES string of the molecule is C=C(C)CN(CC)S(=O)(=O)c1ccc2c(c1)CCO2. The highest BCUT2D eigenvalue weighted by atomic mass is 32.2. The van der Waals surface area contributed by atoms with Crippen LogP contribution in [0.2, 0.25) is 0 Å². The second-order valence-corrected chi connectivity index (χ2v) is 6.69. The van der Waals surface area contributed by atoms with Crippen molar-refractivity contribution in [3.8, 4) is 5.75 Å². The first-order valence-corrected chi connectivity index (χ1v) is 7.79. The highest BCUT2D eigenvalue weighted by molar-refractivity contribution is 7.89. The Labute approximate surface area is 114 Å². The van der Waals surface area contributed by atoms with Crippen LogP contribution in [0.25, 0.3) is 0 Å². The van der Waals surface area contributed by atoms with Gasteiger partial charge in [-0.15, -0.1) is 0 Å². The molecule has 1 aromatic rings. The average molecular weight is 281 g/mol. The Balaban J connectivity index is 2.35. The third kappa shape index (κ3) is 2.82. The molecule has 1 aromatic carbocycles. The highest BCUT2D eigenvalue weighted by Crippen LogP contribution is 2.28. The van der Waals surface area contributed by atoms with E-state index in [0.29, 0.717) is 24.6 Å². The Morgan fingerprint density at radius 2 is 2.21 bits per heavy atom. The lowest BCUT2D eigenvalue weighted by Gasteiger charge is -2.20. The summed E-state index contributed by atoms with van der Waals surface area (Å²) in [6.07, 6.45) is 0.769. The summed E-state index contributed by atoms with van der Waals surface area (Å²) in [5.41, 5.74) is 1.79. The average Bonchev–Trinajstić information content (AvgIpc) is 2.82. The minimum absolute atomic E-state index is 0.333. The molecule has 0 atom stereocenters. The van der Waals surface area contributed by atoms with Crippen molar-refractivity contribution in [3.05, 3.63) is 35.9 Å². The van der Waals surface area contributed by atoms with Crippen molar-refractivity contribution in [2.45, 2.75) is 25.2 Å². The Hall–Kier alpha value is -1.33. The van der Waals surface area contributed by atoms with E-state index in [2.05, 4.69) is 6.58 Å². The van der Waals surface area contributed by atoms with Crippen LogP contribution in [-0.4, -0.2) is 32.4 Å². The molecule has 1 heterocycles. The molecule has 0 aromatic heterocycles. The molecule has 0 spiro atoms. The minimum atomic E-state index is -3.45. The van der Waals surface area contributed by atoms with E-state index in [0.717, 1.165) is 23.3 Å². The predicted octanol–water partition coefficient (Wildman–Crippen LogP) is 2.21. The molecule has 2 rings (SSSR count). The van der Waals surface area contributed by atoms with Crippen LogP contribution in [0.1, 0.15) is 19.4 Å². The fourth-order valence-corrected chi connectivity index (χ4v) is 3.70. The molecule has 1 aliphatic heterocycles. The number of hydrogen-bond acceptors (Lipinski definition) is 3. The van der Waals surface area contributed by atoms with Gasteiger partial charge in [-0.05, 0) is 30.7 Å². The Kier molecular flexibility index (Phi) is 3.96. The lowest BCUT2D eigenvalue weighted by Crippen LogP contribution is -2.32. The van der Waals surface area contributed by atoms with Crippen LogP contribution < -0.4 is 4.74 Å². The van der Waals surface area contributed by atoms with Crippen LogP contribution in [0.15, 0.2) is 35.2 Å². The molecule has 0 bridgehead atoms. The van der Waals surface area contributed by atoms with Crippen LogP contribution in [0.3, 0.4) is 0 Å². The monoisotopic (exact) mass is 281 g/mol. The molecule has 0 N–H and O–H groups in total. The summed E-state index contributed by atoms with van der Waals surface area (Å²) in [6.45, 7) is 8.85. The second kappa shape index (κ2) is 5.35. The molecule has 4 nitrogen and oxygen atoms in total. The van der Waals surface area contributed by atoms with E-state index in [1.165, 1.54) is 4.31 Å². The van der Waals surface area contributed by atoms with Crippen LogP contribution in [0, 0.1) is 0 Å². The molecular formula is C14H19NO3S. The summed E-state index contributed by atoms with van der Waals surface area (Å²) in [5, 5.41) is 0. The second-order valence-electron chi connectivity index (χ2n) is 4.76. The van der Waals surface area contributed by atoms with Crippen LogP contribution >= 0.6 is 0 Å².